The molecule has 0 saturated carbocycles. The molecule has 0 aromatic heterocycles. The molecule has 1 aliphatic rings. The topological polar surface area (TPSA) is 26.3 Å². The van der Waals surface area contributed by atoms with Gasteiger partial charge in [-0.3, -0.25) is 0 Å². The van der Waals surface area contributed by atoms with Gasteiger partial charge in [-0.15, -0.1) is 0 Å². The number of ether oxygens (including phenoxy) is 1. The average Bonchev–Trinajstić information content (AvgIpc) is 2.50. The van der Waals surface area contributed by atoms with Crippen molar-refractivity contribution in [2.75, 3.05) is 6.61 Å². The number of rotatable bonds is 6. The molecule has 0 heterocycles. The third-order valence-electron chi connectivity index (χ3n) is 3.94. The molecular formula is C18H24O2Se. The van der Waals surface area contributed by atoms with E-state index < -0.39 is 0 Å². The van der Waals surface area contributed by atoms with Crippen molar-refractivity contribution in [1.29, 1.82) is 0 Å². The Morgan fingerprint density at radius 1 is 1.38 bits per heavy atom. The van der Waals surface area contributed by atoms with E-state index in [4.69, 9.17) is 4.74 Å². The van der Waals surface area contributed by atoms with Crippen molar-refractivity contribution >= 4 is 25.4 Å². The van der Waals surface area contributed by atoms with E-state index in [9.17, 15) is 4.79 Å². The van der Waals surface area contributed by atoms with Crippen LogP contribution >= 0.6 is 0 Å². The van der Waals surface area contributed by atoms with Gasteiger partial charge in [-0.2, -0.15) is 0 Å². The molecule has 2 atom stereocenters. The van der Waals surface area contributed by atoms with Gasteiger partial charge in [-0.25, -0.2) is 0 Å². The van der Waals surface area contributed by atoms with E-state index in [1.165, 1.54) is 29.3 Å². The van der Waals surface area contributed by atoms with Crippen molar-refractivity contribution in [1.82, 2.24) is 0 Å². The van der Waals surface area contributed by atoms with Crippen LogP contribution in [0.3, 0.4) is 0 Å². The fourth-order valence-electron chi connectivity index (χ4n) is 2.74. The molecule has 0 spiro atoms. The summed E-state index contributed by atoms with van der Waals surface area (Å²) in [7, 11) is 0. The Labute approximate surface area is 134 Å². The van der Waals surface area contributed by atoms with Crippen LogP contribution in [0.15, 0.2) is 42.0 Å². The standard InChI is InChI=1S/C18H24O2Se/c1-3-20-18(19)17(21-16-11-5-4-6-12-16)13-15-10-8-7-9-14(15)2/h4-6,9,11-12,15,17H,3,7-8,10,13H2,1-2H3. The minimum atomic E-state index is -0.0141. The number of esters is 1. The predicted octanol–water partition coefficient (Wildman–Crippen LogP) is 3.50. The van der Waals surface area contributed by atoms with Gasteiger partial charge < -0.3 is 0 Å². The molecule has 0 fully saturated rings. The molecule has 0 amide bonds. The third kappa shape index (κ3) is 5.01. The van der Waals surface area contributed by atoms with E-state index in [0.29, 0.717) is 12.5 Å². The van der Waals surface area contributed by atoms with Crippen LogP contribution < -0.4 is 4.46 Å². The number of allylic oxidation sites excluding steroid dienone is 2. The zero-order valence-electron chi connectivity index (χ0n) is 12.9. The van der Waals surface area contributed by atoms with E-state index in [-0.39, 0.29) is 25.7 Å². The van der Waals surface area contributed by atoms with Gasteiger partial charge >= 0.3 is 134 Å². The summed E-state index contributed by atoms with van der Waals surface area (Å²) < 4.78 is 6.59. The zero-order valence-corrected chi connectivity index (χ0v) is 14.6. The molecule has 1 aromatic rings. The summed E-state index contributed by atoms with van der Waals surface area (Å²) in [5.41, 5.74) is 1.46. The molecule has 1 aliphatic carbocycles. The molecule has 114 valence electrons. The number of carbonyl (C=O) groups excluding carboxylic acids is 1. The Kier molecular flexibility index (Phi) is 6.53. The molecule has 1 aromatic carbocycles. The molecule has 3 heteroatoms. The molecule has 0 saturated heterocycles. The van der Waals surface area contributed by atoms with Crippen molar-refractivity contribution < 1.29 is 9.53 Å². The summed E-state index contributed by atoms with van der Waals surface area (Å²) in [5, 5.41) is 0. The monoisotopic (exact) mass is 352 g/mol. The van der Waals surface area contributed by atoms with Crippen LogP contribution in [0.1, 0.15) is 39.5 Å². The van der Waals surface area contributed by atoms with Gasteiger partial charge in [0.2, 0.25) is 0 Å². The molecule has 0 bridgehead atoms. The summed E-state index contributed by atoms with van der Waals surface area (Å²) in [4.78, 5) is 12.3. The third-order valence-corrected chi connectivity index (χ3v) is 6.48. The molecule has 0 aliphatic heterocycles. The minimum absolute atomic E-state index is 0.0141. The average molecular weight is 351 g/mol. The SMILES string of the molecule is CCOC(=O)C(CC1CCCC=C1C)[Se]c1ccccc1. The Morgan fingerprint density at radius 3 is 2.81 bits per heavy atom. The summed E-state index contributed by atoms with van der Waals surface area (Å²) in [6.45, 7) is 4.57. The van der Waals surface area contributed by atoms with Gasteiger partial charge in [0.1, 0.15) is 0 Å². The second-order valence-electron chi connectivity index (χ2n) is 5.48. The predicted molar refractivity (Wildman–Crippen MR) is 87.9 cm³/mol. The molecular weight excluding hydrogens is 327 g/mol. The summed E-state index contributed by atoms with van der Waals surface area (Å²) in [5.74, 6) is 0.540. The summed E-state index contributed by atoms with van der Waals surface area (Å²) in [6.07, 6.45) is 6.93. The fraction of sp³-hybridized carbons (Fsp3) is 0.500. The molecule has 0 N–H and O–H groups in total. The van der Waals surface area contributed by atoms with Gasteiger partial charge in [0.15, 0.2) is 0 Å². The molecule has 21 heavy (non-hydrogen) atoms. The van der Waals surface area contributed by atoms with Crippen LogP contribution in [0.4, 0.5) is 0 Å². The Bertz CT molecular complexity index is 481. The van der Waals surface area contributed by atoms with Crippen LogP contribution in [-0.4, -0.2) is 27.5 Å². The van der Waals surface area contributed by atoms with Gasteiger partial charge in [0.25, 0.3) is 0 Å². The van der Waals surface area contributed by atoms with E-state index in [0.717, 1.165) is 6.42 Å². The van der Waals surface area contributed by atoms with Gasteiger partial charge in [0, 0.05) is 0 Å². The van der Waals surface area contributed by atoms with Crippen molar-refractivity contribution in [3.63, 3.8) is 0 Å². The molecule has 2 rings (SSSR count). The van der Waals surface area contributed by atoms with Crippen molar-refractivity contribution in [3.05, 3.63) is 42.0 Å². The van der Waals surface area contributed by atoms with Crippen LogP contribution in [0, 0.1) is 5.92 Å². The second kappa shape index (κ2) is 8.41. The summed E-state index contributed by atoms with van der Waals surface area (Å²) >= 11 is 0.144. The quantitative estimate of drug-likeness (QED) is 0.445. The van der Waals surface area contributed by atoms with E-state index in [1.54, 1.807) is 0 Å². The van der Waals surface area contributed by atoms with E-state index >= 15 is 0 Å². The van der Waals surface area contributed by atoms with Gasteiger partial charge in [-0.05, 0) is 0 Å². The Morgan fingerprint density at radius 2 is 2.14 bits per heavy atom. The first-order valence-corrected chi connectivity index (χ1v) is 9.60. The molecule has 2 unspecified atom stereocenters. The fourth-order valence-corrected chi connectivity index (χ4v) is 5.12. The summed E-state index contributed by atoms with van der Waals surface area (Å²) in [6, 6.07) is 10.4. The first-order chi connectivity index (χ1) is 10.2. The van der Waals surface area contributed by atoms with Crippen molar-refractivity contribution in [2.24, 2.45) is 5.92 Å². The van der Waals surface area contributed by atoms with Crippen molar-refractivity contribution in [2.45, 2.75) is 44.3 Å². The first kappa shape index (κ1) is 16.3. The molecule has 2 nitrogen and oxygen atoms in total. The number of hydrogen-bond donors (Lipinski definition) is 0. The first-order valence-electron chi connectivity index (χ1n) is 7.75. The zero-order chi connectivity index (χ0) is 15.1. The number of benzene rings is 1. The Balaban J connectivity index is 2.06. The molecule has 0 radical (unpaired) electrons. The normalized spacial score (nSPS) is 19.7. The maximum atomic E-state index is 12.3. The number of carbonyl (C=O) groups is 1. The van der Waals surface area contributed by atoms with Crippen LogP contribution in [0.2, 0.25) is 4.82 Å². The van der Waals surface area contributed by atoms with E-state index in [2.05, 4.69) is 25.1 Å². The number of hydrogen-bond acceptors (Lipinski definition) is 2. The van der Waals surface area contributed by atoms with E-state index in [1.807, 2.05) is 25.1 Å². The second-order valence-corrected chi connectivity index (χ2v) is 8.16. The Hall–Kier alpha value is -1.05. The van der Waals surface area contributed by atoms with Crippen LogP contribution in [-0.2, 0) is 9.53 Å². The van der Waals surface area contributed by atoms with Gasteiger partial charge in [-0.1, -0.05) is 0 Å². The van der Waals surface area contributed by atoms with Crippen molar-refractivity contribution in [3.8, 4) is 0 Å². The van der Waals surface area contributed by atoms with Crippen LogP contribution in [0.5, 0.6) is 0 Å². The van der Waals surface area contributed by atoms with Gasteiger partial charge in [0.05, 0.1) is 0 Å². The maximum absolute atomic E-state index is 12.3. The van der Waals surface area contributed by atoms with Crippen LogP contribution in [0.25, 0.3) is 0 Å².